The van der Waals surface area contributed by atoms with Crippen molar-refractivity contribution in [1.29, 1.82) is 0 Å². The maximum atomic E-state index is 12.4. The summed E-state index contributed by atoms with van der Waals surface area (Å²) < 4.78 is 5.79. The van der Waals surface area contributed by atoms with Gasteiger partial charge in [-0.3, -0.25) is 29.6 Å². The highest BCUT2D eigenvalue weighted by molar-refractivity contribution is 9.10. The lowest BCUT2D eigenvalue weighted by Gasteiger charge is -2.18. The molecule has 3 amide bonds. The summed E-state index contributed by atoms with van der Waals surface area (Å²) in [6.07, 6.45) is -0.118. The highest BCUT2D eigenvalue weighted by Gasteiger charge is 2.36. The van der Waals surface area contributed by atoms with Gasteiger partial charge in [-0.1, -0.05) is 45.7 Å². The number of carbonyl (C=O) groups is 4. The summed E-state index contributed by atoms with van der Waals surface area (Å²) in [5.74, 6) is -2.89. The predicted octanol–water partition coefficient (Wildman–Crippen LogP) is 3.09. The lowest BCUT2D eigenvalue weighted by Crippen LogP contribution is -2.43. The smallest absolute Gasteiger partial charge is 0.311 e. The molecule has 31 heavy (non-hydrogen) atoms. The molecule has 1 aliphatic rings. The van der Waals surface area contributed by atoms with Crippen molar-refractivity contribution in [2.24, 2.45) is 5.92 Å². The Morgan fingerprint density at radius 2 is 1.97 bits per heavy atom. The quantitative estimate of drug-likeness (QED) is 0.584. The second kappa shape index (κ2) is 9.93. The highest BCUT2D eigenvalue weighted by atomic mass is 79.9. The number of amides is 3. The van der Waals surface area contributed by atoms with Gasteiger partial charge in [0.1, 0.15) is 0 Å². The van der Waals surface area contributed by atoms with E-state index < -0.39 is 36.2 Å². The van der Waals surface area contributed by atoms with Gasteiger partial charge in [0.2, 0.25) is 5.91 Å². The van der Waals surface area contributed by atoms with Crippen LogP contribution >= 0.6 is 27.5 Å². The van der Waals surface area contributed by atoms with Crippen molar-refractivity contribution in [3.63, 3.8) is 0 Å². The van der Waals surface area contributed by atoms with Crippen LogP contribution in [0.4, 0.5) is 5.69 Å². The summed E-state index contributed by atoms with van der Waals surface area (Å²) in [6, 6.07) is 11.9. The lowest BCUT2D eigenvalue weighted by molar-refractivity contribution is -0.151. The fourth-order valence-corrected chi connectivity index (χ4v) is 3.74. The van der Waals surface area contributed by atoms with Crippen LogP contribution in [-0.2, 0) is 19.1 Å². The van der Waals surface area contributed by atoms with Crippen LogP contribution in [0.5, 0.6) is 0 Å². The minimum atomic E-state index is -0.784. The standard InChI is InChI=1S/C21H19BrClN3O5/c1-12-4-2-3-5-15(12)20(29)25-26-10-13(8-19(26)28)21(30)31-11-18(27)24-17-7-6-14(22)9-16(17)23/h2-7,9,13H,8,10-11H2,1H3,(H,24,27)(H,25,29)/t13-/m1/s1. The molecule has 1 aliphatic heterocycles. The molecule has 1 atom stereocenters. The third-order valence-corrected chi connectivity index (χ3v) is 5.44. The van der Waals surface area contributed by atoms with E-state index >= 15 is 0 Å². The Hall–Kier alpha value is -2.91. The van der Waals surface area contributed by atoms with Crippen molar-refractivity contribution in [1.82, 2.24) is 10.4 Å². The Kier molecular flexibility index (Phi) is 7.29. The first-order chi connectivity index (χ1) is 14.7. The van der Waals surface area contributed by atoms with Crippen LogP contribution in [-0.4, -0.2) is 41.9 Å². The second-order valence-electron chi connectivity index (χ2n) is 6.94. The van der Waals surface area contributed by atoms with Gasteiger partial charge in [0.25, 0.3) is 11.8 Å². The number of nitrogens with one attached hydrogen (secondary N) is 2. The number of nitrogens with zero attached hydrogens (tertiary/aromatic N) is 1. The van der Waals surface area contributed by atoms with Crippen LogP contribution in [0.2, 0.25) is 5.02 Å². The van der Waals surface area contributed by atoms with Gasteiger partial charge in [-0.15, -0.1) is 0 Å². The van der Waals surface area contributed by atoms with Crippen LogP contribution in [0, 0.1) is 12.8 Å². The average Bonchev–Trinajstić information content (AvgIpc) is 3.09. The van der Waals surface area contributed by atoms with E-state index in [0.717, 1.165) is 15.0 Å². The fraction of sp³-hybridized carbons (Fsp3) is 0.238. The number of halogens is 2. The molecule has 0 radical (unpaired) electrons. The number of hydrogen-bond acceptors (Lipinski definition) is 5. The van der Waals surface area contributed by atoms with Gasteiger partial charge in [0.05, 0.1) is 23.2 Å². The molecule has 1 heterocycles. The van der Waals surface area contributed by atoms with Crippen LogP contribution in [0.15, 0.2) is 46.9 Å². The van der Waals surface area contributed by atoms with Crippen LogP contribution < -0.4 is 10.7 Å². The number of hydrazine groups is 1. The van der Waals surface area contributed by atoms with E-state index in [2.05, 4.69) is 26.7 Å². The molecule has 0 unspecified atom stereocenters. The van der Waals surface area contributed by atoms with Gasteiger partial charge in [-0.25, -0.2) is 0 Å². The summed E-state index contributed by atoms with van der Waals surface area (Å²) in [7, 11) is 0. The van der Waals surface area contributed by atoms with Crippen molar-refractivity contribution in [2.75, 3.05) is 18.5 Å². The number of anilines is 1. The average molecular weight is 509 g/mol. The number of ether oxygens (including phenoxy) is 1. The first-order valence-electron chi connectivity index (χ1n) is 9.33. The number of aryl methyl sites for hydroxylation is 1. The molecule has 0 aromatic heterocycles. The Morgan fingerprint density at radius 3 is 2.68 bits per heavy atom. The number of benzene rings is 2. The van der Waals surface area contributed by atoms with Crippen LogP contribution in [0.25, 0.3) is 0 Å². The van der Waals surface area contributed by atoms with Crippen molar-refractivity contribution in [3.8, 4) is 0 Å². The molecule has 2 N–H and O–H groups in total. The van der Waals surface area contributed by atoms with E-state index in [1.165, 1.54) is 0 Å². The summed E-state index contributed by atoms with van der Waals surface area (Å²) in [5, 5.41) is 3.98. The third kappa shape index (κ3) is 5.83. The number of esters is 1. The van der Waals surface area contributed by atoms with E-state index in [9.17, 15) is 19.2 Å². The SMILES string of the molecule is Cc1ccccc1C(=O)NN1C[C@H](C(=O)OCC(=O)Nc2ccc(Br)cc2Cl)CC1=O. The van der Waals surface area contributed by atoms with Crippen molar-refractivity contribution in [3.05, 3.63) is 63.1 Å². The van der Waals surface area contributed by atoms with Gasteiger partial charge >= 0.3 is 5.97 Å². The topological polar surface area (TPSA) is 105 Å². The van der Waals surface area contributed by atoms with Gasteiger partial charge in [0.15, 0.2) is 6.61 Å². The zero-order valence-corrected chi connectivity index (χ0v) is 18.8. The minimum Gasteiger partial charge on any atom is -0.455 e. The van der Waals surface area contributed by atoms with Gasteiger partial charge < -0.3 is 10.1 Å². The summed E-state index contributed by atoms with van der Waals surface area (Å²) >= 11 is 9.30. The molecular weight excluding hydrogens is 490 g/mol. The maximum absolute atomic E-state index is 12.4. The van der Waals surface area contributed by atoms with E-state index in [0.29, 0.717) is 16.3 Å². The monoisotopic (exact) mass is 507 g/mol. The van der Waals surface area contributed by atoms with Crippen molar-refractivity contribution < 1.29 is 23.9 Å². The van der Waals surface area contributed by atoms with E-state index in [1.807, 2.05) is 0 Å². The van der Waals surface area contributed by atoms with Gasteiger partial charge in [-0.2, -0.15) is 0 Å². The molecule has 162 valence electrons. The Balaban J connectivity index is 1.50. The molecule has 0 spiro atoms. The maximum Gasteiger partial charge on any atom is 0.311 e. The molecule has 1 saturated heterocycles. The normalized spacial score (nSPS) is 15.5. The molecule has 3 rings (SSSR count). The molecule has 2 aromatic carbocycles. The Bertz CT molecular complexity index is 1050. The van der Waals surface area contributed by atoms with Gasteiger partial charge in [-0.05, 0) is 36.8 Å². The summed E-state index contributed by atoms with van der Waals surface area (Å²) in [4.78, 5) is 48.9. The number of carbonyl (C=O) groups excluding carboxylic acids is 4. The second-order valence-corrected chi connectivity index (χ2v) is 8.26. The first kappa shape index (κ1) is 22.8. The zero-order valence-electron chi connectivity index (χ0n) is 16.5. The molecule has 10 heteroatoms. The molecule has 0 saturated carbocycles. The largest absolute Gasteiger partial charge is 0.455 e. The lowest BCUT2D eigenvalue weighted by atomic mass is 10.1. The first-order valence-corrected chi connectivity index (χ1v) is 10.5. The molecule has 2 aromatic rings. The van der Waals surface area contributed by atoms with E-state index in [-0.39, 0.29) is 13.0 Å². The van der Waals surface area contributed by atoms with Crippen LogP contribution in [0.1, 0.15) is 22.3 Å². The van der Waals surface area contributed by atoms with Crippen molar-refractivity contribution in [2.45, 2.75) is 13.3 Å². The molecule has 0 bridgehead atoms. The van der Waals surface area contributed by atoms with E-state index in [4.69, 9.17) is 16.3 Å². The predicted molar refractivity (Wildman–Crippen MR) is 117 cm³/mol. The van der Waals surface area contributed by atoms with Crippen LogP contribution in [0.3, 0.4) is 0 Å². The number of hydrogen-bond donors (Lipinski definition) is 2. The molecule has 0 aliphatic carbocycles. The molecule has 8 nitrogen and oxygen atoms in total. The minimum absolute atomic E-state index is 0.0323. The highest BCUT2D eigenvalue weighted by Crippen LogP contribution is 2.25. The molecular formula is C21H19BrClN3O5. The Morgan fingerprint density at radius 1 is 1.23 bits per heavy atom. The Labute approximate surface area is 192 Å². The fourth-order valence-electron chi connectivity index (χ4n) is 3.02. The summed E-state index contributed by atoms with van der Waals surface area (Å²) in [6.45, 7) is 1.23. The molecule has 1 fully saturated rings. The summed E-state index contributed by atoms with van der Waals surface area (Å²) in [5.41, 5.74) is 4.10. The van der Waals surface area contributed by atoms with E-state index in [1.54, 1.807) is 49.4 Å². The van der Waals surface area contributed by atoms with Crippen molar-refractivity contribution >= 4 is 56.9 Å². The third-order valence-electron chi connectivity index (χ3n) is 4.64. The number of rotatable bonds is 6. The zero-order chi connectivity index (χ0) is 22.5. The van der Waals surface area contributed by atoms with Gasteiger partial charge in [0, 0.05) is 16.5 Å².